The molecule has 0 aliphatic carbocycles. The number of halogens is 1. The molecule has 0 bridgehead atoms. The topological polar surface area (TPSA) is 45.5 Å². The lowest BCUT2D eigenvalue weighted by molar-refractivity contribution is 0.255. The Kier molecular flexibility index (Phi) is 2.96. The Morgan fingerprint density at radius 1 is 1.56 bits per heavy atom. The van der Waals surface area contributed by atoms with Gasteiger partial charge in [-0.3, -0.25) is 9.36 Å². The quantitative estimate of drug-likeness (QED) is 0.788. The van der Waals surface area contributed by atoms with E-state index in [1.807, 2.05) is 0 Å². The average Bonchev–Trinajstić information content (AvgIpc) is 2.63. The highest BCUT2D eigenvalue weighted by molar-refractivity contribution is 5.42. The molecular weight excluding hydrogens is 211 g/mol. The molecule has 1 N–H and O–H groups in total. The van der Waals surface area contributed by atoms with E-state index >= 15 is 0 Å². The SMILES string of the molecule is Cn1c(N2C[C@@H](F)C[C@H]2CO)cccc1=O. The molecule has 0 unspecified atom stereocenters. The maximum Gasteiger partial charge on any atom is 0.251 e. The van der Waals surface area contributed by atoms with Crippen molar-refractivity contribution in [1.82, 2.24) is 4.57 Å². The molecule has 1 fully saturated rings. The molecule has 1 saturated heterocycles. The third-order valence-corrected chi connectivity index (χ3v) is 3.03. The summed E-state index contributed by atoms with van der Waals surface area (Å²) in [6, 6.07) is 4.64. The monoisotopic (exact) mass is 226 g/mol. The number of alkyl halides is 1. The molecule has 0 radical (unpaired) electrons. The van der Waals surface area contributed by atoms with E-state index in [9.17, 15) is 14.3 Å². The molecule has 1 aromatic rings. The van der Waals surface area contributed by atoms with Gasteiger partial charge in [0, 0.05) is 19.5 Å². The molecular formula is C11H15FN2O2. The van der Waals surface area contributed by atoms with Crippen molar-refractivity contribution in [3.05, 3.63) is 28.6 Å². The second-order valence-electron chi connectivity index (χ2n) is 4.10. The lowest BCUT2D eigenvalue weighted by Gasteiger charge is -2.26. The largest absolute Gasteiger partial charge is 0.394 e. The Labute approximate surface area is 92.9 Å². The van der Waals surface area contributed by atoms with Crippen molar-refractivity contribution in [3.8, 4) is 0 Å². The van der Waals surface area contributed by atoms with Crippen molar-refractivity contribution >= 4 is 5.82 Å². The first-order valence-electron chi connectivity index (χ1n) is 5.31. The maximum atomic E-state index is 13.3. The molecule has 2 heterocycles. The van der Waals surface area contributed by atoms with E-state index in [0.29, 0.717) is 12.2 Å². The zero-order valence-electron chi connectivity index (χ0n) is 9.14. The molecule has 4 nitrogen and oxygen atoms in total. The van der Waals surface area contributed by atoms with Crippen molar-refractivity contribution < 1.29 is 9.50 Å². The molecule has 2 rings (SSSR count). The van der Waals surface area contributed by atoms with Crippen LogP contribution in [-0.2, 0) is 7.05 Å². The van der Waals surface area contributed by atoms with Gasteiger partial charge in [0.25, 0.3) is 5.56 Å². The van der Waals surface area contributed by atoms with Gasteiger partial charge in [-0.2, -0.15) is 0 Å². The van der Waals surface area contributed by atoms with Crippen LogP contribution in [0, 0.1) is 0 Å². The normalized spacial score (nSPS) is 25.1. The molecule has 0 aromatic carbocycles. The summed E-state index contributed by atoms with van der Waals surface area (Å²) < 4.78 is 14.8. The molecule has 0 saturated carbocycles. The summed E-state index contributed by atoms with van der Waals surface area (Å²) in [5.41, 5.74) is -0.128. The van der Waals surface area contributed by atoms with Crippen molar-refractivity contribution in [1.29, 1.82) is 0 Å². The predicted octanol–water partition coefficient (Wildman–Crippen LogP) is 0.294. The summed E-state index contributed by atoms with van der Waals surface area (Å²) in [4.78, 5) is 13.2. The lowest BCUT2D eigenvalue weighted by Crippen LogP contribution is -2.36. The van der Waals surface area contributed by atoms with Crippen LogP contribution in [0.4, 0.5) is 10.2 Å². The standard InChI is InChI=1S/C11H15FN2O2/c1-13-10(3-2-4-11(13)16)14-6-8(12)5-9(14)7-15/h2-4,8-9,15H,5-7H2,1H3/t8-,9-/m0/s1. The van der Waals surface area contributed by atoms with Gasteiger partial charge in [-0.1, -0.05) is 6.07 Å². The van der Waals surface area contributed by atoms with Gasteiger partial charge in [-0.05, 0) is 6.07 Å². The summed E-state index contributed by atoms with van der Waals surface area (Å²) in [7, 11) is 1.65. The minimum absolute atomic E-state index is 0.0937. The molecule has 1 aliphatic heterocycles. The van der Waals surface area contributed by atoms with Gasteiger partial charge in [0.2, 0.25) is 0 Å². The van der Waals surface area contributed by atoms with Crippen LogP contribution in [0.5, 0.6) is 0 Å². The number of nitrogens with zero attached hydrogens (tertiary/aromatic N) is 2. The van der Waals surface area contributed by atoms with Gasteiger partial charge in [-0.15, -0.1) is 0 Å². The van der Waals surface area contributed by atoms with E-state index in [0.717, 1.165) is 0 Å². The van der Waals surface area contributed by atoms with Crippen LogP contribution in [0.25, 0.3) is 0 Å². The zero-order chi connectivity index (χ0) is 11.7. The van der Waals surface area contributed by atoms with Crippen LogP contribution in [0.15, 0.2) is 23.0 Å². The summed E-state index contributed by atoms with van der Waals surface area (Å²) >= 11 is 0. The Morgan fingerprint density at radius 3 is 3.00 bits per heavy atom. The Balaban J connectivity index is 2.36. The van der Waals surface area contributed by atoms with Gasteiger partial charge in [0.1, 0.15) is 12.0 Å². The van der Waals surface area contributed by atoms with Crippen molar-refractivity contribution in [2.24, 2.45) is 7.05 Å². The minimum atomic E-state index is -0.938. The highest BCUT2D eigenvalue weighted by Gasteiger charge is 2.32. The molecule has 2 atom stereocenters. The van der Waals surface area contributed by atoms with E-state index in [2.05, 4.69) is 0 Å². The van der Waals surface area contributed by atoms with Crippen molar-refractivity contribution in [2.45, 2.75) is 18.6 Å². The first kappa shape index (κ1) is 11.1. The highest BCUT2D eigenvalue weighted by atomic mass is 19.1. The second kappa shape index (κ2) is 4.25. The van der Waals surface area contributed by atoms with Crippen LogP contribution in [-0.4, -0.2) is 35.0 Å². The fourth-order valence-electron chi connectivity index (χ4n) is 2.15. The smallest absolute Gasteiger partial charge is 0.251 e. The summed E-state index contributed by atoms with van der Waals surface area (Å²) in [6.45, 7) is 0.145. The van der Waals surface area contributed by atoms with Crippen LogP contribution in [0.1, 0.15) is 6.42 Å². The number of hydrogen-bond donors (Lipinski definition) is 1. The minimum Gasteiger partial charge on any atom is -0.394 e. The summed E-state index contributed by atoms with van der Waals surface area (Å²) in [5.74, 6) is 0.659. The van der Waals surface area contributed by atoms with E-state index in [4.69, 9.17) is 0 Å². The predicted molar refractivity (Wildman–Crippen MR) is 59.4 cm³/mol. The molecule has 16 heavy (non-hydrogen) atoms. The first-order chi connectivity index (χ1) is 7.63. The first-order valence-corrected chi connectivity index (χ1v) is 5.31. The number of hydrogen-bond acceptors (Lipinski definition) is 3. The molecule has 5 heteroatoms. The van der Waals surface area contributed by atoms with E-state index in [1.165, 1.54) is 10.6 Å². The van der Waals surface area contributed by atoms with Gasteiger partial charge < -0.3 is 10.0 Å². The van der Waals surface area contributed by atoms with E-state index in [-0.39, 0.29) is 24.8 Å². The van der Waals surface area contributed by atoms with Crippen LogP contribution in [0.3, 0.4) is 0 Å². The van der Waals surface area contributed by atoms with Crippen LogP contribution in [0.2, 0.25) is 0 Å². The fourth-order valence-corrected chi connectivity index (χ4v) is 2.15. The summed E-state index contributed by atoms with van der Waals surface area (Å²) in [5, 5.41) is 9.18. The van der Waals surface area contributed by atoms with Crippen LogP contribution >= 0.6 is 0 Å². The van der Waals surface area contributed by atoms with E-state index in [1.54, 1.807) is 24.1 Å². The van der Waals surface area contributed by atoms with Crippen molar-refractivity contribution in [2.75, 3.05) is 18.1 Å². The third-order valence-electron chi connectivity index (χ3n) is 3.03. The fraction of sp³-hybridized carbons (Fsp3) is 0.545. The number of aliphatic hydroxyl groups excluding tert-OH is 1. The Bertz CT molecular complexity index is 432. The Morgan fingerprint density at radius 2 is 2.31 bits per heavy atom. The highest BCUT2D eigenvalue weighted by Crippen LogP contribution is 2.25. The maximum absolute atomic E-state index is 13.3. The van der Waals surface area contributed by atoms with Gasteiger partial charge in [0.05, 0.1) is 19.2 Å². The van der Waals surface area contributed by atoms with Gasteiger partial charge >= 0.3 is 0 Å². The van der Waals surface area contributed by atoms with Gasteiger partial charge in [0.15, 0.2) is 0 Å². The zero-order valence-corrected chi connectivity index (χ0v) is 9.14. The molecule has 0 spiro atoms. The third kappa shape index (κ3) is 1.82. The average molecular weight is 226 g/mol. The summed E-state index contributed by atoms with van der Waals surface area (Å²) in [6.07, 6.45) is -0.619. The second-order valence-corrected chi connectivity index (χ2v) is 4.10. The van der Waals surface area contributed by atoms with Gasteiger partial charge in [-0.25, -0.2) is 4.39 Å². The molecule has 1 aliphatic rings. The lowest BCUT2D eigenvalue weighted by atomic mass is 10.2. The number of anilines is 1. The number of rotatable bonds is 2. The van der Waals surface area contributed by atoms with Crippen LogP contribution < -0.4 is 10.5 Å². The number of aliphatic hydroxyl groups is 1. The Hall–Kier alpha value is -1.36. The molecule has 0 amide bonds. The van der Waals surface area contributed by atoms with Crippen molar-refractivity contribution in [3.63, 3.8) is 0 Å². The number of pyridine rings is 1. The number of aromatic nitrogens is 1. The molecule has 1 aromatic heterocycles. The molecule has 88 valence electrons. The van der Waals surface area contributed by atoms with E-state index < -0.39 is 6.17 Å².